The number of nitriles is 1. The maximum Gasteiger partial charge on any atom is 0.274 e. The van der Waals surface area contributed by atoms with Gasteiger partial charge in [0, 0.05) is 17.4 Å². The topological polar surface area (TPSA) is 90.7 Å². The molecule has 0 spiro atoms. The molecular weight excluding hydrogens is 373 g/mol. The Balaban J connectivity index is 1.74. The highest BCUT2D eigenvalue weighted by Crippen LogP contribution is 2.26. The molecule has 0 aliphatic rings. The van der Waals surface area contributed by atoms with Crippen LogP contribution in [0.4, 0.5) is 17.2 Å². The molecule has 0 saturated heterocycles. The lowest BCUT2D eigenvalue weighted by Crippen LogP contribution is -2.14. The number of amides is 1. The molecule has 2 aromatic carbocycles. The Kier molecular flexibility index (Phi) is 5.32. The van der Waals surface area contributed by atoms with Gasteiger partial charge in [-0.25, -0.2) is 9.97 Å². The summed E-state index contributed by atoms with van der Waals surface area (Å²) in [5, 5.41) is 15.4. The summed E-state index contributed by atoms with van der Waals surface area (Å²) in [6, 6.07) is 15.1. The summed E-state index contributed by atoms with van der Waals surface area (Å²) < 4.78 is 0. The van der Waals surface area contributed by atoms with Crippen LogP contribution in [0.25, 0.3) is 0 Å². The number of hydrogen-bond donors (Lipinski definition) is 2. The van der Waals surface area contributed by atoms with Gasteiger partial charge in [0.15, 0.2) is 0 Å². The number of benzene rings is 2. The first kappa shape index (κ1) is 17.7. The molecule has 26 heavy (non-hydrogen) atoms. The van der Waals surface area contributed by atoms with E-state index in [2.05, 4.69) is 20.6 Å². The first-order valence-corrected chi connectivity index (χ1v) is 8.16. The average molecular weight is 384 g/mol. The van der Waals surface area contributed by atoms with E-state index in [0.717, 1.165) is 0 Å². The van der Waals surface area contributed by atoms with Crippen LogP contribution in [0.1, 0.15) is 16.1 Å². The van der Waals surface area contributed by atoms with Crippen molar-refractivity contribution in [3.05, 3.63) is 76.2 Å². The van der Waals surface area contributed by atoms with Gasteiger partial charge in [-0.2, -0.15) is 5.26 Å². The lowest BCUT2D eigenvalue weighted by molar-refractivity contribution is 0.102. The van der Waals surface area contributed by atoms with Crippen molar-refractivity contribution in [1.82, 2.24) is 9.97 Å². The number of nitrogens with one attached hydrogen (secondary N) is 2. The zero-order valence-corrected chi connectivity index (χ0v) is 14.7. The molecule has 2 N–H and O–H groups in total. The average Bonchev–Trinajstić information content (AvgIpc) is 2.65. The second-order valence-corrected chi connectivity index (χ2v) is 6.00. The third-order valence-electron chi connectivity index (χ3n) is 3.36. The summed E-state index contributed by atoms with van der Waals surface area (Å²) in [5.74, 6) is 0.0395. The first-order valence-electron chi connectivity index (χ1n) is 7.41. The van der Waals surface area contributed by atoms with Gasteiger partial charge in [0.1, 0.15) is 17.8 Å². The number of carbonyl (C=O) groups is 1. The van der Waals surface area contributed by atoms with E-state index in [9.17, 15) is 4.79 Å². The van der Waals surface area contributed by atoms with Gasteiger partial charge >= 0.3 is 0 Å². The van der Waals surface area contributed by atoms with Crippen molar-refractivity contribution in [1.29, 1.82) is 5.26 Å². The molecule has 0 atom stereocenters. The van der Waals surface area contributed by atoms with Crippen LogP contribution in [0.2, 0.25) is 10.0 Å². The normalized spacial score (nSPS) is 10.0. The molecule has 3 aromatic rings. The summed E-state index contributed by atoms with van der Waals surface area (Å²) >= 11 is 11.9. The van der Waals surface area contributed by atoms with Crippen molar-refractivity contribution in [2.24, 2.45) is 0 Å². The lowest BCUT2D eigenvalue weighted by Gasteiger charge is -2.08. The number of nitrogens with zero attached hydrogens (tertiary/aromatic N) is 3. The van der Waals surface area contributed by atoms with E-state index in [1.807, 2.05) is 6.07 Å². The van der Waals surface area contributed by atoms with Crippen molar-refractivity contribution >= 4 is 46.3 Å². The minimum Gasteiger partial charge on any atom is -0.340 e. The molecule has 1 aromatic heterocycles. The highest BCUT2D eigenvalue weighted by Gasteiger charge is 2.10. The van der Waals surface area contributed by atoms with Crippen LogP contribution in [-0.2, 0) is 0 Å². The van der Waals surface area contributed by atoms with Gasteiger partial charge in [-0.15, -0.1) is 0 Å². The molecule has 0 aliphatic carbocycles. The van der Waals surface area contributed by atoms with Gasteiger partial charge in [0.2, 0.25) is 0 Å². The van der Waals surface area contributed by atoms with E-state index in [-0.39, 0.29) is 5.69 Å². The Morgan fingerprint density at radius 3 is 2.38 bits per heavy atom. The largest absolute Gasteiger partial charge is 0.340 e. The first-order chi connectivity index (χ1) is 12.5. The van der Waals surface area contributed by atoms with E-state index < -0.39 is 5.91 Å². The Morgan fingerprint density at radius 1 is 0.962 bits per heavy atom. The van der Waals surface area contributed by atoms with Gasteiger partial charge in [0.25, 0.3) is 5.91 Å². The molecule has 0 unspecified atom stereocenters. The van der Waals surface area contributed by atoms with Gasteiger partial charge in [-0.1, -0.05) is 23.2 Å². The summed E-state index contributed by atoms with van der Waals surface area (Å²) in [4.78, 5) is 20.4. The van der Waals surface area contributed by atoms with Crippen molar-refractivity contribution in [2.45, 2.75) is 0 Å². The number of rotatable bonds is 4. The molecule has 1 amide bonds. The number of carbonyl (C=O) groups excluding carboxylic acids is 1. The van der Waals surface area contributed by atoms with Gasteiger partial charge in [0.05, 0.1) is 21.7 Å². The third-order valence-corrected chi connectivity index (χ3v) is 4.10. The molecule has 1 heterocycles. The zero-order valence-electron chi connectivity index (χ0n) is 13.2. The van der Waals surface area contributed by atoms with Crippen LogP contribution in [0, 0.1) is 11.3 Å². The molecule has 6 nitrogen and oxygen atoms in total. The number of hydrogen-bond acceptors (Lipinski definition) is 5. The fourth-order valence-corrected chi connectivity index (χ4v) is 2.39. The lowest BCUT2D eigenvalue weighted by atomic mass is 10.2. The van der Waals surface area contributed by atoms with Gasteiger partial charge in [-0.05, 0) is 42.5 Å². The van der Waals surface area contributed by atoms with E-state index >= 15 is 0 Å². The van der Waals surface area contributed by atoms with Gasteiger partial charge in [-0.3, -0.25) is 4.79 Å². The fourth-order valence-electron chi connectivity index (χ4n) is 2.09. The van der Waals surface area contributed by atoms with Gasteiger partial charge < -0.3 is 10.6 Å². The maximum absolute atomic E-state index is 12.3. The molecule has 0 radical (unpaired) electrons. The summed E-state index contributed by atoms with van der Waals surface area (Å²) in [7, 11) is 0. The van der Waals surface area contributed by atoms with Crippen LogP contribution in [-0.4, -0.2) is 15.9 Å². The molecule has 8 heteroatoms. The second kappa shape index (κ2) is 7.83. The fraction of sp³-hybridized carbons (Fsp3) is 0. The van der Waals surface area contributed by atoms with Crippen LogP contribution < -0.4 is 10.6 Å². The number of halogens is 2. The predicted molar refractivity (Wildman–Crippen MR) is 101 cm³/mol. The zero-order chi connectivity index (χ0) is 18.5. The van der Waals surface area contributed by atoms with Crippen molar-refractivity contribution < 1.29 is 4.79 Å². The quantitative estimate of drug-likeness (QED) is 0.683. The molecule has 0 aliphatic heterocycles. The molecule has 0 saturated carbocycles. The summed E-state index contributed by atoms with van der Waals surface area (Å²) in [6.45, 7) is 0. The number of anilines is 3. The van der Waals surface area contributed by atoms with Crippen LogP contribution in [0.15, 0.2) is 54.9 Å². The number of aromatic nitrogens is 2. The predicted octanol–water partition coefficient (Wildman–Crippen LogP) is 4.65. The Hall–Kier alpha value is -3.14. The van der Waals surface area contributed by atoms with Crippen LogP contribution in [0.5, 0.6) is 0 Å². The van der Waals surface area contributed by atoms with E-state index in [1.54, 1.807) is 42.5 Å². The van der Waals surface area contributed by atoms with Crippen molar-refractivity contribution in [3.63, 3.8) is 0 Å². The minimum atomic E-state index is -0.394. The molecular formula is C18H11Cl2N5O. The van der Waals surface area contributed by atoms with Crippen molar-refractivity contribution in [3.8, 4) is 6.07 Å². The van der Waals surface area contributed by atoms with E-state index in [1.165, 1.54) is 12.4 Å². The smallest absolute Gasteiger partial charge is 0.274 e. The van der Waals surface area contributed by atoms with Crippen molar-refractivity contribution in [2.75, 3.05) is 10.6 Å². The molecule has 3 rings (SSSR count). The Morgan fingerprint density at radius 2 is 1.69 bits per heavy atom. The molecule has 0 bridgehead atoms. The monoisotopic (exact) mass is 383 g/mol. The summed E-state index contributed by atoms with van der Waals surface area (Å²) in [5.41, 5.74) is 1.94. The maximum atomic E-state index is 12.3. The Labute approximate surface area is 159 Å². The second-order valence-electron chi connectivity index (χ2n) is 5.19. The van der Waals surface area contributed by atoms with Crippen LogP contribution >= 0.6 is 23.2 Å². The minimum absolute atomic E-state index is 0.187. The highest BCUT2D eigenvalue weighted by atomic mass is 35.5. The summed E-state index contributed by atoms with van der Waals surface area (Å²) in [6.07, 6.45) is 1.29. The SMILES string of the molecule is N#Cc1ccc(NC(=O)c2cc(Nc3ccc(Cl)c(Cl)c3)ncn2)cc1. The third kappa shape index (κ3) is 4.28. The van der Waals surface area contributed by atoms with E-state index in [4.69, 9.17) is 28.5 Å². The molecule has 128 valence electrons. The standard InChI is InChI=1S/C18H11Cl2N5O/c19-14-6-5-13(7-15(14)20)24-17-8-16(22-10-23-17)18(26)25-12-3-1-11(9-21)2-4-12/h1-8,10H,(H,25,26)(H,22,23,24). The van der Waals surface area contributed by atoms with Crippen LogP contribution in [0.3, 0.4) is 0 Å². The molecule has 0 fully saturated rings. The van der Waals surface area contributed by atoms with E-state index in [0.29, 0.717) is 32.8 Å². The highest BCUT2D eigenvalue weighted by molar-refractivity contribution is 6.42. The Bertz CT molecular complexity index is 999.